The fourth-order valence-corrected chi connectivity index (χ4v) is 7.27. The summed E-state index contributed by atoms with van der Waals surface area (Å²) in [6, 6.07) is 49.4. The summed E-state index contributed by atoms with van der Waals surface area (Å²) in [5.41, 5.74) is 6.16. The van der Waals surface area contributed by atoms with Crippen LogP contribution in [-0.2, 0) is 61.3 Å². The highest BCUT2D eigenvalue weighted by atomic mass is 19.1. The van der Waals surface area contributed by atoms with Crippen molar-refractivity contribution in [2.45, 2.75) is 63.6 Å². The second-order valence-corrected chi connectivity index (χ2v) is 14.1. The third-order valence-corrected chi connectivity index (χ3v) is 10.2. The van der Waals surface area contributed by atoms with Gasteiger partial charge in [-0.1, -0.05) is 127 Å². The minimum absolute atomic E-state index is 0.182. The Balaban J connectivity index is 1.09. The lowest BCUT2D eigenvalue weighted by atomic mass is 9.97. The largest absolute Gasteiger partial charge is 0.374 e. The Labute approximate surface area is 326 Å². The topological polar surface area (TPSA) is 71.2 Å². The van der Waals surface area contributed by atoms with Crippen molar-refractivity contribution in [1.29, 1.82) is 0 Å². The second kappa shape index (κ2) is 18.6. The molecule has 0 bridgehead atoms. The van der Waals surface area contributed by atoms with E-state index >= 15 is 0 Å². The van der Waals surface area contributed by atoms with E-state index in [0.29, 0.717) is 32.8 Å². The standard InChI is InChI=1S/C48H46FNO6/c49-41-23-20-36(21-24-41)29-51-33-44-45(53-30-34-11-3-1-4-12-34)46(54-31-35-13-5-2-6-14-35)47(55-32-37-19-22-38-15-7-8-16-39(38)27-37)48(56-44)52-26-25-40-28-50-43-18-10-9-17-42(40)43/h1-24,27-28,44-48,50H,25-26,29-33H2/t44-,45-,46+,47-,48-/m1/s1. The van der Waals surface area contributed by atoms with Crippen LogP contribution < -0.4 is 0 Å². The van der Waals surface area contributed by atoms with Gasteiger partial charge < -0.3 is 33.4 Å². The van der Waals surface area contributed by atoms with Crippen molar-refractivity contribution in [1.82, 2.24) is 4.98 Å². The first-order valence-corrected chi connectivity index (χ1v) is 19.2. The fraction of sp³-hybridized carbons (Fsp3) is 0.250. The lowest BCUT2D eigenvalue weighted by molar-refractivity contribution is -0.328. The molecule has 6 aromatic carbocycles. The summed E-state index contributed by atoms with van der Waals surface area (Å²) in [6.07, 6.45) is -0.559. The third kappa shape index (κ3) is 9.60. The number of rotatable bonds is 17. The first-order chi connectivity index (χ1) is 27.7. The van der Waals surface area contributed by atoms with E-state index in [-0.39, 0.29) is 19.0 Å². The second-order valence-electron chi connectivity index (χ2n) is 14.1. The molecule has 286 valence electrons. The molecule has 0 amide bonds. The van der Waals surface area contributed by atoms with Crippen molar-refractivity contribution in [3.8, 4) is 0 Å². The van der Waals surface area contributed by atoms with Crippen LogP contribution in [0.3, 0.4) is 0 Å². The van der Waals surface area contributed by atoms with Gasteiger partial charge in [0.2, 0.25) is 0 Å². The first kappa shape index (κ1) is 37.7. The molecule has 0 saturated carbocycles. The minimum atomic E-state index is -0.808. The average Bonchev–Trinajstić information content (AvgIpc) is 3.66. The fourth-order valence-electron chi connectivity index (χ4n) is 7.27. The van der Waals surface area contributed by atoms with E-state index in [0.717, 1.165) is 49.5 Å². The minimum Gasteiger partial charge on any atom is -0.374 e. The maximum atomic E-state index is 13.7. The summed E-state index contributed by atoms with van der Waals surface area (Å²) >= 11 is 0. The van der Waals surface area contributed by atoms with Gasteiger partial charge in [-0.2, -0.15) is 0 Å². The Morgan fingerprint density at radius 1 is 0.536 bits per heavy atom. The molecular weight excluding hydrogens is 706 g/mol. The number of hydrogen-bond donors (Lipinski definition) is 1. The van der Waals surface area contributed by atoms with E-state index in [4.69, 9.17) is 28.4 Å². The number of fused-ring (bicyclic) bond motifs is 2. The monoisotopic (exact) mass is 751 g/mol. The predicted molar refractivity (Wildman–Crippen MR) is 215 cm³/mol. The van der Waals surface area contributed by atoms with Gasteiger partial charge in [-0.05, 0) is 69.3 Å². The lowest BCUT2D eigenvalue weighted by Gasteiger charge is -2.46. The summed E-state index contributed by atoms with van der Waals surface area (Å²) < 4.78 is 54.0. The van der Waals surface area contributed by atoms with Crippen LogP contribution >= 0.6 is 0 Å². The summed E-state index contributed by atoms with van der Waals surface area (Å²) in [5, 5.41) is 3.47. The Kier molecular flexibility index (Phi) is 12.5. The van der Waals surface area contributed by atoms with Crippen LogP contribution in [0.25, 0.3) is 21.7 Å². The van der Waals surface area contributed by atoms with Gasteiger partial charge in [-0.3, -0.25) is 0 Å². The van der Waals surface area contributed by atoms with Gasteiger partial charge in [0.15, 0.2) is 6.29 Å². The molecule has 1 aliphatic heterocycles. The molecule has 1 saturated heterocycles. The highest BCUT2D eigenvalue weighted by Crippen LogP contribution is 2.32. The van der Waals surface area contributed by atoms with Gasteiger partial charge in [0.1, 0.15) is 30.2 Å². The van der Waals surface area contributed by atoms with Crippen LogP contribution in [0.5, 0.6) is 0 Å². The number of benzene rings is 6. The smallest absolute Gasteiger partial charge is 0.186 e. The highest BCUT2D eigenvalue weighted by molar-refractivity contribution is 5.83. The van der Waals surface area contributed by atoms with Crippen molar-refractivity contribution in [3.05, 3.63) is 191 Å². The van der Waals surface area contributed by atoms with E-state index in [9.17, 15) is 4.39 Å². The normalized spacial score (nSPS) is 19.8. The zero-order valence-electron chi connectivity index (χ0n) is 31.2. The van der Waals surface area contributed by atoms with Gasteiger partial charge in [0, 0.05) is 17.1 Å². The van der Waals surface area contributed by atoms with Crippen molar-refractivity contribution < 1.29 is 32.8 Å². The number of para-hydroxylation sites is 1. The number of ether oxygens (including phenoxy) is 6. The molecule has 5 atom stereocenters. The highest BCUT2D eigenvalue weighted by Gasteiger charge is 2.49. The molecule has 7 nitrogen and oxygen atoms in total. The average molecular weight is 752 g/mol. The van der Waals surface area contributed by atoms with Crippen molar-refractivity contribution >= 4 is 21.7 Å². The Hall–Kier alpha value is -5.19. The first-order valence-electron chi connectivity index (χ1n) is 19.2. The van der Waals surface area contributed by atoms with E-state index in [1.807, 2.05) is 91.1 Å². The molecule has 0 aliphatic carbocycles. The number of hydrogen-bond acceptors (Lipinski definition) is 6. The van der Waals surface area contributed by atoms with E-state index in [2.05, 4.69) is 47.4 Å². The Morgan fingerprint density at radius 2 is 1.14 bits per heavy atom. The van der Waals surface area contributed by atoms with Crippen LogP contribution in [-0.4, -0.2) is 48.9 Å². The number of aromatic nitrogens is 1. The Morgan fingerprint density at radius 3 is 1.91 bits per heavy atom. The van der Waals surface area contributed by atoms with Crippen LogP contribution in [0.2, 0.25) is 0 Å². The van der Waals surface area contributed by atoms with Crippen LogP contribution in [0.4, 0.5) is 4.39 Å². The van der Waals surface area contributed by atoms with Crippen molar-refractivity contribution in [2.75, 3.05) is 13.2 Å². The summed E-state index contributed by atoms with van der Waals surface area (Å²) in [6.45, 7) is 1.81. The molecule has 8 rings (SSSR count). The van der Waals surface area contributed by atoms with Gasteiger partial charge in [-0.25, -0.2) is 4.39 Å². The summed E-state index contributed by atoms with van der Waals surface area (Å²) in [4.78, 5) is 3.37. The molecule has 1 N–H and O–H groups in total. The van der Waals surface area contributed by atoms with E-state index in [1.54, 1.807) is 12.1 Å². The number of aromatic amines is 1. The summed E-state index contributed by atoms with van der Waals surface area (Å²) in [7, 11) is 0. The summed E-state index contributed by atoms with van der Waals surface area (Å²) in [5.74, 6) is -0.292. The molecule has 1 fully saturated rings. The molecule has 8 heteroatoms. The third-order valence-electron chi connectivity index (χ3n) is 10.2. The van der Waals surface area contributed by atoms with E-state index < -0.39 is 30.7 Å². The maximum absolute atomic E-state index is 13.7. The van der Waals surface area contributed by atoms with Crippen LogP contribution in [0.15, 0.2) is 158 Å². The number of H-pyrrole nitrogens is 1. The van der Waals surface area contributed by atoms with Crippen molar-refractivity contribution in [3.63, 3.8) is 0 Å². The van der Waals surface area contributed by atoms with Gasteiger partial charge in [0.25, 0.3) is 0 Å². The van der Waals surface area contributed by atoms with Gasteiger partial charge in [-0.15, -0.1) is 0 Å². The van der Waals surface area contributed by atoms with E-state index in [1.165, 1.54) is 12.1 Å². The molecule has 7 aromatic rings. The van der Waals surface area contributed by atoms with Gasteiger partial charge in [0.05, 0.1) is 39.6 Å². The maximum Gasteiger partial charge on any atom is 0.186 e. The SMILES string of the molecule is Fc1ccc(COC[C@H]2O[C@@H](OCCc3c[nH]c4ccccc34)[C@H](OCc3ccc4ccccc4c3)[C@@H](OCc3ccccc3)[C@@H]2OCc2ccccc2)cc1. The molecule has 0 radical (unpaired) electrons. The zero-order chi connectivity index (χ0) is 37.9. The molecule has 56 heavy (non-hydrogen) atoms. The zero-order valence-corrected chi connectivity index (χ0v) is 31.2. The van der Waals surface area contributed by atoms with Crippen LogP contribution in [0.1, 0.15) is 27.8 Å². The molecule has 0 spiro atoms. The predicted octanol–water partition coefficient (Wildman–Crippen LogP) is 9.72. The molecule has 1 aliphatic rings. The van der Waals surface area contributed by atoms with Crippen molar-refractivity contribution in [2.24, 2.45) is 0 Å². The number of halogens is 1. The molecular formula is C48H46FNO6. The van der Waals surface area contributed by atoms with Gasteiger partial charge >= 0.3 is 0 Å². The number of nitrogens with one attached hydrogen (secondary N) is 1. The molecule has 2 heterocycles. The molecule has 1 aromatic heterocycles. The van der Waals surface area contributed by atoms with Crippen LogP contribution in [0, 0.1) is 5.82 Å². The lowest BCUT2D eigenvalue weighted by Crippen LogP contribution is -2.61. The Bertz CT molecular complexity index is 2260. The molecule has 0 unspecified atom stereocenters. The quantitative estimate of drug-likeness (QED) is 0.1000.